The number of benzene rings is 3. The molecular formula is C27H28F2N2O3S. The Labute approximate surface area is 204 Å². The fourth-order valence-corrected chi connectivity index (χ4v) is 5.61. The SMILES string of the molecule is Cc1ccc(S(=O)(=O)CCC(=O)N2CCN(C(c3ccc(F)cc3)c3ccc(F)cc3)CC2)cc1. The first-order chi connectivity index (χ1) is 16.7. The molecule has 0 spiro atoms. The molecule has 4 rings (SSSR count). The zero-order chi connectivity index (χ0) is 25.0. The van der Waals surface area contributed by atoms with E-state index in [0.717, 1.165) is 16.7 Å². The van der Waals surface area contributed by atoms with Gasteiger partial charge in [-0.3, -0.25) is 9.69 Å². The van der Waals surface area contributed by atoms with Crippen LogP contribution in [0, 0.1) is 18.6 Å². The van der Waals surface area contributed by atoms with Crippen molar-refractivity contribution in [2.24, 2.45) is 0 Å². The van der Waals surface area contributed by atoms with Crippen molar-refractivity contribution in [2.75, 3.05) is 31.9 Å². The van der Waals surface area contributed by atoms with Crippen LogP contribution in [-0.4, -0.2) is 56.1 Å². The lowest BCUT2D eigenvalue weighted by Gasteiger charge is -2.40. The molecule has 0 saturated carbocycles. The van der Waals surface area contributed by atoms with Gasteiger partial charge in [0.1, 0.15) is 11.6 Å². The van der Waals surface area contributed by atoms with E-state index in [2.05, 4.69) is 4.90 Å². The van der Waals surface area contributed by atoms with Gasteiger partial charge in [-0.2, -0.15) is 0 Å². The summed E-state index contributed by atoms with van der Waals surface area (Å²) < 4.78 is 52.2. The highest BCUT2D eigenvalue weighted by atomic mass is 32.2. The second-order valence-electron chi connectivity index (χ2n) is 8.80. The molecule has 0 unspecified atom stereocenters. The van der Waals surface area contributed by atoms with Gasteiger partial charge in [0, 0.05) is 32.6 Å². The Bertz CT molecular complexity index is 1210. The molecular weight excluding hydrogens is 470 g/mol. The van der Waals surface area contributed by atoms with Crippen LogP contribution in [0.2, 0.25) is 0 Å². The molecule has 3 aromatic carbocycles. The maximum absolute atomic E-state index is 13.5. The van der Waals surface area contributed by atoms with Gasteiger partial charge < -0.3 is 4.90 Å². The van der Waals surface area contributed by atoms with E-state index in [4.69, 9.17) is 0 Å². The molecule has 1 heterocycles. The number of carbonyl (C=O) groups is 1. The number of hydrogen-bond acceptors (Lipinski definition) is 4. The molecule has 1 aliphatic rings. The number of sulfone groups is 1. The van der Waals surface area contributed by atoms with Gasteiger partial charge in [0.15, 0.2) is 9.84 Å². The van der Waals surface area contributed by atoms with Gasteiger partial charge in [0.2, 0.25) is 5.91 Å². The minimum atomic E-state index is -3.53. The third-order valence-electron chi connectivity index (χ3n) is 6.37. The summed E-state index contributed by atoms with van der Waals surface area (Å²) in [7, 11) is -3.53. The van der Waals surface area contributed by atoms with Crippen LogP contribution in [0.1, 0.15) is 29.2 Å². The second-order valence-corrected chi connectivity index (χ2v) is 10.9. The van der Waals surface area contributed by atoms with Crippen molar-refractivity contribution in [3.63, 3.8) is 0 Å². The minimum Gasteiger partial charge on any atom is -0.340 e. The number of aryl methyl sites for hydroxylation is 1. The van der Waals surface area contributed by atoms with E-state index >= 15 is 0 Å². The van der Waals surface area contributed by atoms with Crippen LogP contribution in [0.4, 0.5) is 8.78 Å². The number of carbonyl (C=O) groups excluding carboxylic acids is 1. The van der Waals surface area contributed by atoms with E-state index in [1.807, 2.05) is 6.92 Å². The van der Waals surface area contributed by atoms with E-state index in [1.165, 1.54) is 24.3 Å². The maximum atomic E-state index is 13.5. The lowest BCUT2D eigenvalue weighted by atomic mass is 9.96. The van der Waals surface area contributed by atoms with Gasteiger partial charge in [0.25, 0.3) is 0 Å². The summed E-state index contributed by atoms with van der Waals surface area (Å²) in [6.07, 6.45) is -0.0738. The summed E-state index contributed by atoms with van der Waals surface area (Å²) in [6, 6.07) is 18.9. The standard InChI is InChI=1S/C27H28F2N2O3S/c1-20-2-12-25(13-3-20)35(33,34)19-14-26(32)30-15-17-31(18-16-30)27(21-4-8-23(28)9-5-21)22-6-10-24(29)11-7-22/h2-13,27H,14-19H2,1H3. The average molecular weight is 499 g/mol. The van der Waals surface area contributed by atoms with Gasteiger partial charge in [-0.1, -0.05) is 42.0 Å². The average Bonchev–Trinajstić information content (AvgIpc) is 2.86. The number of halogens is 2. The third-order valence-corrected chi connectivity index (χ3v) is 8.10. The molecule has 5 nitrogen and oxygen atoms in total. The number of nitrogens with zero attached hydrogens (tertiary/aromatic N) is 2. The lowest BCUT2D eigenvalue weighted by Crippen LogP contribution is -2.50. The fraction of sp³-hybridized carbons (Fsp3) is 0.296. The number of rotatable bonds is 7. The van der Waals surface area contributed by atoms with E-state index in [-0.39, 0.29) is 40.7 Å². The van der Waals surface area contributed by atoms with Crippen LogP contribution in [0.25, 0.3) is 0 Å². The topological polar surface area (TPSA) is 57.7 Å². The summed E-state index contributed by atoms with van der Waals surface area (Å²) >= 11 is 0. The molecule has 3 aromatic rings. The first kappa shape index (κ1) is 25.0. The molecule has 0 bridgehead atoms. The van der Waals surface area contributed by atoms with Gasteiger partial charge in [-0.05, 0) is 54.4 Å². The van der Waals surface area contributed by atoms with Gasteiger partial charge in [-0.25, -0.2) is 17.2 Å². The summed E-state index contributed by atoms with van der Waals surface area (Å²) in [5, 5.41) is 0. The normalized spacial score (nSPS) is 14.9. The van der Waals surface area contributed by atoms with Crippen LogP contribution in [0.15, 0.2) is 77.7 Å². The molecule has 0 aromatic heterocycles. The number of piperazine rings is 1. The quantitative estimate of drug-likeness (QED) is 0.486. The molecule has 1 fully saturated rings. The van der Waals surface area contributed by atoms with Crippen molar-refractivity contribution in [2.45, 2.75) is 24.3 Å². The van der Waals surface area contributed by atoms with E-state index < -0.39 is 9.84 Å². The second kappa shape index (κ2) is 10.7. The van der Waals surface area contributed by atoms with Crippen molar-refractivity contribution in [3.8, 4) is 0 Å². The van der Waals surface area contributed by atoms with Gasteiger partial charge >= 0.3 is 0 Å². The number of amides is 1. The minimum absolute atomic E-state index is 0.0738. The summed E-state index contributed by atoms with van der Waals surface area (Å²) in [5.41, 5.74) is 2.72. The van der Waals surface area contributed by atoms with Gasteiger partial charge in [0.05, 0.1) is 16.7 Å². The van der Waals surface area contributed by atoms with E-state index in [1.54, 1.807) is 53.4 Å². The monoisotopic (exact) mass is 498 g/mol. The molecule has 0 atom stereocenters. The Hall–Kier alpha value is -3.10. The molecule has 1 aliphatic heterocycles. The van der Waals surface area contributed by atoms with Crippen molar-refractivity contribution in [1.29, 1.82) is 0 Å². The molecule has 35 heavy (non-hydrogen) atoms. The smallest absolute Gasteiger partial charge is 0.223 e. The van der Waals surface area contributed by atoms with Crippen LogP contribution in [0.5, 0.6) is 0 Å². The summed E-state index contributed by atoms with van der Waals surface area (Å²) in [6.45, 7) is 3.88. The van der Waals surface area contributed by atoms with Crippen molar-refractivity contribution in [1.82, 2.24) is 9.80 Å². The van der Waals surface area contributed by atoms with Crippen LogP contribution >= 0.6 is 0 Å². The molecule has 8 heteroatoms. The predicted molar refractivity (Wildman–Crippen MR) is 131 cm³/mol. The van der Waals surface area contributed by atoms with Gasteiger partial charge in [-0.15, -0.1) is 0 Å². The first-order valence-electron chi connectivity index (χ1n) is 11.5. The largest absolute Gasteiger partial charge is 0.340 e. The first-order valence-corrected chi connectivity index (χ1v) is 13.2. The Kier molecular flexibility index (Phi) is 7.62. The third kappa shape index (κ3) is 6.13. The highest BCUT2D eigenvalue weighted by molar-refractivity contribution is 7.91. The maximum Gasteiger partial charge on any atom is 0.223 e. The highest BCUT2D eigenvalue weighted by Gasteiger charge is 2.29. The fourth-order valence-electron chi connectivity index (χ4n) is 4.38. The molecule has 1 amide bonds. The molecule has 0 radical (unpaired) electrons. The lowest BCUT2D eigenvalue weighted by molar-refractivity contribution is -0.132. The van der Waals surface area contributed by atoms with Crippen molar-refractivity contribution < 1.29 is 22.0 Å². The Morgan fingerprint density at radius 3 is 1.77 bits per heavy atom. The Balaban J connectivity index is 1.41. The van der Waals surface area contributed by atoms with E-state index in [9.17, 15) is 22.0 Å². The molecule has 0 aliphatic carbocycles. The van der Waals surface area contributed by atoms with Crippen LogP contribution in [0.3, 0.4) is 0 Å². The summed E-state index contributed by atoms with van der Waals surface area (Å²) in [5.74, 6) is -1.09. The predicted octanol–water partition coefficient (Wildman–Crippen LogP) is 4.37. The zero-order valence-electron chi connectivity index (χ0n) is 19.5. The van der Waals surface area contributed by atoms with Crippen molar-refractivity contribution in [3.05, 3.63) is 101 Å². The van der Waals surface area contributed by atoms with Crippen LogP contribution < -0.4 is 0 Å². The van der Waals surface area contributed by atoms with E-state index in [0.29, 0.717) is 26.2 Å². The van der Waals surface area contributed by atoms with Crippen LogP contribution in [-0.2, 0) is 14.6 Å². The molecule has 0 N–H and O–H groups in total. The molecule has 184 valence electrons. The number of hydrogen-bond donors (Lipinski definition) is 0. The van der Waals surface area contributed by atoms with Crippen molar-refractivity contribution >= 4 is 15.7 Å². The Morgan fingerprint density at radius 1 is 0.800 bits per heavy atom. The summed E-state index contributed by atoms with van der Waals surface area (Å²) in [4.78, 5) is 16.9. The Morgan fingerprint density at radius 2 is 1.29 bits per heavy atom. The molecule has 1 saturated heterocycles. The highest BCUT2D eigenvalue weighted by Crippen LogP contribution is 2.30. The zero-order valence-corrected chi connectivity index (χ0v) is 20.3.